The van der Waals surface area contributed by atoms with Crippen LogP contribution in [-0.2, 0) is 11.3 Å². The number of halogens is 1. The van der Waals surface area contributed by atoms with Crippen LogP contribution in [0, 0.1) is 24.4 Å². The summed E-state index contributed by atoms with van der Waals surface area (Å²) in [4.78, 5) is 24.2. The van der Waals surface area contributed by atoms with E-state index in [0.29, 0.717) is 22.7 Å². The molecule has 9 heteroatoms. The zero-order chi connectivity index (χ0) is 22.4. The van der Waals surface area contributed by atoms with Gasteiger partial charge in [-0.1, -0.05) is 29.8 Å². The van der Waals surface area contributed by atoms with E-state index in [1.54, 1.807) is 23.6 Å². The molecule has 1 heterocycles. The number of hydrogen-bond donors (Lipinski definition) is 3. The molecule has 0 aliphatic rings. The number of hydrogen-bond acceptors (Lipinski definition) is 4. The van der Waals surface area contributed by atoms with Gasteiger partial charge in [0.1, 0.15) is 5.82 Å². The molecule has 0 saturated carbocycles. The van der Waals surface area contributed by atoms with Crippen LogP contribution in [-0.4, -0.2) is 39.7 Å². The lowest BCUT2D eigenvalue weighted by Crippen LogP contribution is -2.35. The van der Waals surface area contributed by atoms with Crippen molar-refractivity contribution in [1.29, 1.82) is 0 Å². The highest BCUT2D eigenvalue weighted by Crippen LogP contribution is 2.18. The minimum Gasteiger partial charge on any atom is -0.354 e. The van der Waals surface area contributed by atoms with E-state index in [9.17, 15) is 14.0 Å². The van der Waals surface area contributed by atoms with E-state index in [0.717, 1.165) is 11.1 Å². The lowest BCUT2D eigenvalue weighted by molar-refractivity contribution is -0.121. The van der Waals surface area contributed by atoms with Crippen LogP contribution in [0.3, 0.4) is 0 Å². The van der Waals surface area contributed by atoms with Crippen LogP contribution in [0.4, 0.5) is 4.39 Å². The lowest BCUT2D eigenvalue weighted by Gasteiger charge is -2.09. The summed E-state index contributed by atoms with van der Waals surface area (Å²) in [7, 11) is 0. The van der Waals surface area contributed by atoms with Crippen LogP contribution >= 0.6 is 12.2 Å². The molecule has 0 spiro atoms. The van der Waals surface area contributed by atoms with E-state index in [1.807, 2.05) is 31.2 Å². The Hall–Kier alpha value is -3.33. The van der Waals surface area contributed by atoms with Gasteiger partial charge in [0.05, 0.1) is 0 Å². The molecule has 1 aromatic heterocycles. The summed E-state index contributed by atoms with van der Waals surface area (Å²) in [6.45, 7) is 4.50. The number of H-pyrrole nitrogens is 1. The van der Waals surface area contributed by atoms with Crippen LogP contribution in [0.15, 0.2) is 42.5 Å². The van der Waals surface area contributed by atoms with Crippen LogP contribution in [0.1, 0.15) is 27.9 Å². The molecular formula is C22H24FN5O2S. The quantitative estimate of drug-likeness (QED) is 0.369. The summed E-state index contributed by atoms with van der Waals surface area (Å²) in [6.07, 6.45) is 0.212. The number of nitrogens with one attached hydrogen (secondary N) is 3. The van der Waals surface area contributed by atoms with Crippen molar-refractivity contribution in [2.45, 2.75) is 26.8 Å². The van der Waals surface area contributed by atoms with Crippen LogP contribution in [0.5, 0.6) is 0 Å². The number of aromatic nitrogens is 3. The van der Waals surface area contributed by atoms with Crippen molar-refractivity contribution < 1.29 is 14.0 Å². The van der Waals surface area contributed by atoms with Crippen molar-refractivity contribution in [3.05, 3.63) is 69.7 Å². The van der Waals surface area contributed by atoms with Gasteiger partial charge >= 0.3 is 0 Å². The van der Waals surface area contributed by atoms with Gasteiger partial charge in [-0.15, -0.1) is 0 Å². The predicted molar refractivity (Wildman–Crippen MR) is 119 cm³/mol. The molecule has 2 amide bonds. The van der Waals surface area contributed by atoms with E-state index in [4.69, 9.17) is 12.2 Å². The molecule has 162 valence electrons. The first kappa shape index (κ1) is 22.4. The number of carbonyl (C=O) groups is 2. The molecule has 3 aromatic rings. The first-order valence-electron chi connectivity index (χ1n) is 9.88. The van der Waals surface area contributed by atoms with Gasteiger partial charge in [0.25, 0.3) is 5.91 Å². The predicted octanol–water partition coefficient (Wildman–Crippen LogP) is 3.30. The molecule has 0 bridgehead atoms. The van der Waals surface area contributed by atoms with Crippen molar-refractivity contribution in [3.8, 4) is 11.4 Å². The van der Waals surface area contributed by atoms with Crippen molar-refractivity contribution in [3.63, 3.8) is 0 Å². The Balaban J connectivity index is 1.47. The molecule has 7 nitrogen and oxygen atoms in total. The molecule has 0 atom stereocenters. The molecule has 3 rings (SSSR count). The van der Waals surface area contributed by atoms with Gasteiger partial charge in [-0.25, -0.2) is 4.39 Å². The number of amides is 2. The van der Waals surface area contributed by atoms with E-state index in [2.05, 4.69) is 20.8 Å². The smallest absolute Gasteiger partial charge is 0.251 e. The topological polar surface area (TPSA) is 91.8 Å². The average Bonchev–Trinajstić information content (AvgIpc) is 3.12. The van der Waals surface area contributed by atoms with E-state index in [-0.39, 0.29) is 36.9 Å². The maximum absolute atomic E-state index is 13.6. The maximum atomic E-state index is 13.6. The fourth-order valence-corrected chi connectivity index (χ4v) is 3.27. The zero-order valence-corrected chi connectivity index (χ0v) is 18.2. The molecule has 0 fully saturated rings. The van der Waals surface area contributed by atoms with Crippen LogP contribution in [0.25, 0.3) is 11.4 Å². The fraction of sp³-hybridized carbons (Fsp3) is 0.273. The third kappa shape index (κ3) is 5.85. The number of carbonyl (C=O) groups excluding carboxylic acids is 2. The molecule has 31 heavy (non-hydrogen) atoms. The highest BCUT2D eigenvalue weighted by atomic mass is 32.1. The summed E-state index contributed by atoms with van der Waals surface area (Å²) in [6, 6.07) is 12.2. The number of nitrogens with zero attached hydrogens (tertiary/aromatic N) is 2. The van der Waals surface area contributed by atoms with Gasteiger partial charge in [-0.3, -0.25) is 19.3 Å². The highest BCUT2D eigenvalue weighted by molar-refractivity contribution is 7.71. The molecule has 0 aliphatic carbocycles. The number of rotatable bonds is 8. The molecule has 0 unspecified atom stereocenters. The Morgan fingerprint density at radius 3 is 2.65 bits per heavy atom. The monoisotopic (exact) mass is 441 g/mol. The maximum Gasteiger partial charge on any atom is 0.251 e. The minimum absolute atomic E-state index is 0.172. The summed E-state index contributed by atoms with van der Waals surface area (Å²) in [5.41, 5.74) is 2.74. The zero-order valence-electron chi connectivity index (χ0n) is 17.4. The number of benzene rings is 2. The number of aryl methyl sites for hydroxylation is 2. The first-order valence-corrected chi connectivity index (χ1v) is 10.3. The van der Waals surface area contributed by atoms with Crippen molar-refractivity contribution >= 4 is 24.0 Å². The summed E-state index contributed by atoms with van der Waals surface area (Å²) < 4.78 is 15.8. The Morgan fingerprint density at radius 2 is 1.90 bits per heavy atom. The standard InChI is InChI=1S/C22H24FN5O2S/c1-14-4-3-5-16(12-14)20-26-27-22(31)28(20)11-8-19(29)24-9-10-25-21(30)17-7-6-15(2)18(23)13-17/h3-7,12-13H,8-11H2,1-2H3,(H,24,29)(H,25,30)(H,27,31). The second-order valence-electron chi connectivity index (χ2n) is 7.19. The summed E-state index contributed by atoms with van der Waals surface area (Å²) in [5, 5.41) is 12.5. The molecular weight excluding hydrogens is 417 g/mol. The molecule has 0 aliphatic heterocycles. The second kappa shape index (κ2) is 10.1. The van der Waals surface area contributed by atoms with Gasteiger partial charge in [-0.05, 0) is 49.8 Å². The van der Waals surface area contributed by atoms with Gasteiger partial charge in [0.2, 0.25) is 5.91 Å². The molecule has 2 aromatic carbocycles. The van der Waals surface area contributed by atoms with Gasteiger partial charge in [-0.2, -0.15) is 5.10 Å². The molecule has 0 radical (unpaired) electrons. The fourth-order valence-electron chi connectivity index (χ4n) is 3.05. The first-order chi connectivity index (χ1) is 14.8. The third-order valence-corrected chi connectivity index (χ3v) is 5.08. The van der Waals surface area contributed by atoms with Crippen molar-refractivity contribution in [2.75, 3.05) is 13.1 Å². The Kier molecular flexibility index (Phi) is 7.30. The Morgan fingerprint density at radius 1 is 1.13 bits per heavy atom. The van der Waals surface area contributed by atoms with Crippen LogP contribution in [0.2, 0.25) is 0 Å². The third-order valence-electron chi connectivity index (χ3n) is 4.76. The number of aromatic amines is 1. The summed E-state index contributed by atoms with van der Waals surface area (Å²) in [5.74, 6) is -0.308. The van der Waals surface area contributed by atoms with Crippen molar-refractivity contribution in [1.82, 2.24) is 25.4 Å². The average molecular weight is 442 g/mol. The van der Waals surface area contributed by atoms with Gasteiger partial charge < -0.3 is 10.6 Å². The van der Waals surface area contributed by atoms with Gasteiger partial charge in [0.15, 0.2) is 10.6 Å². The summed E-state index contributed by atoms with van der Waals surface area (Å²) >= 11 is 5.30. The van der Waals surface area contributed by atoms with Gasteiger partial charge in [0, 0.05) is 37.2 Å². The lowest BCUT2D eigenvalue weighted by atomic mass is 10.1. The second-order valence-corrected chi connectivity index (χ2v) is 7.58. The molecule has 3 N–H and O–H groups in total. The van der Waals surface area contributed by atoms with Crippen LogP contribution < -0.4 is 10.6 Å². The highest BCUT2D eigenvalue weighted by Gasteiger charge is 2.11. The molecule has 0 saturated heterocycles. The van der Waals surface area contributed by atoms with E-state index < -0.39 is 5.82 Å². The van der Waals surface area contributed by atoms with E-state index in [1.165, 1.54) is 6.07 Å². The van der Waals surface area contributed by atoms with E-state index >= 15 is 0 Å². The SMILES string of the molecule is Cc1cccc(-c2n[nH]c(=S)n2CCC(=O)NCCNC(=O)c2ccc(C)c(F)c2)c1. The van der Waals surface area contributed by atoms with Crippen molar-refractivity contribution in [2.24, 2.45) is 0 Å². The Labute approximate surface area is 184 Å². The normalized spacial score (nSPS) is 10.7. The minimum atomic E-state index is -0.427. The largest absolute Gasteiger partial charge is 0.354 e. The Bertz CT molecular complexity index is 1150.